The summed E-state index contributed by atoms with van der Waals surface area (Å²) in [6.45, 7) is 10.2. The van der Waals surface area contributed by atoms with Crippen molar-refractivity contribution in [2.75, 3.05) is 39.5 Å². The highest BCUT2D eigenvalue weighted by molar-refractivity contribution is 5.91. The van der Waals surface area contributed by atoms with E-state index >= 15 is 0 Å². The molecule has 3 rings (SSSR count). The predicted octanol–water partition coefficient (Wildman–Crippen LogP) is 2.89. The molecule has 0 aliphatic carbocycles. The van der Waals surface area contributed by atoms with E-state index in [1.54, 1.807) is 17.0 Å². The molecule has 0 amide bonds. The molecular formula is C23H36NO5+. The Morgan fingerprint density at radius 2 is 1.59 bits per heavy atom. The van der Waals surface area contributed by atoms with Crippen molar-refractivity contribution < 1.29 is 28.6 Å². The van der Waals surface area contributed by atoms with Gasteiger partial charge in [0.15, 0.2) is 11.5 Å². The second-order valence-corrected chi connectivity index (χ2v) is 7.86. The fourth-order valence-corrected chi connectivity index (χ4v) is 4.75. The number of hydrogen-bond donors (Lipinski definition) is 1. The Hall–Kier alpha value is -1.95. The molecule has 2 aliphatic rings. The van der Waals surface area contributed by atoms with Crippen LogP contribution in [0.25, 0.3) is 0 Å². The number of esters is 1. The molecule has 0 spiro atoms. The van der Waals surface area contributed by atoms with Gasteiger partial charge in [-0.2, -0.15) is 0 Å². The lowest BCUT2D eigenvalue weighted by Crippen LogP contribution is -3.18. The van der Waals surface area contributed by atoms with E-state index in [0.29, 0.717) is 61.2 Å². The van der Waals surface area contributed by atoms with E-state index in [-0.39, 0.29) is 5.97 Å². The minimum atomic E-state index is -0.321. The highest BCUT2D eigenvalue weighted by Gasteiger charge is 2.37. The van der Waals surface area contributed by atoms with Crippen molar-refractivity contribution in [3.63, 3.8) is 0 Å². The van der Waals surface area contributed by atoms with Crippen LogP contribution in [0.1, 0.15) is 63.2 Å². The molecule has 0 bridgehead atoms. The Kier molecular flexibility index (Phi) is 8.04. The summed E-state index contributed by atoms with van der Waals surface area (Å²) in [6.07, 6.45) is 6.25. The molecule has 1 unspecified atom stereocenters. The molecule has 6 heteroatoms. The van der Waals surface area contributed by atoms with Crippen molar-refractivity contribution in [3.8, 4) is 17.2 Å². The van der Waals surface area contributed by atoms with Gasteiger partial charge in [0.25, 0.3) is 0 Å². The number of benzene rings is 1. The molecule has 3 atom stereocenters. The van der Waals surface area contributed by atoms with Gasteiger partial charge in [0.1, 0.15) is 6.61 Å². The zero-order valence-corrected chi connectivity index (χ0v) is 18.1. The lowest BCUT2D eigenvalue weighted by atomic mass is 9.84. The average molecular weight is 407 g/mol. The van der Waals surface area contributed by atoms with Crippen LogP contribution in [0.4, 0.5) is 0 Å². The van der Waals surface area contributed by atoms with Crippen molar-refractivity contribution in [1.29, 1.82) is 0 Å². The number of carbonyl (C=O) groups is 1. The van der Waals surface area contributed by atoms with Gasteiger partial charge in [-0.1, -0.05) is 0 Å². The van der Waals surface area contributed by atoms with E-state index in [0.717, 1.165) is 6.42 Å². The first kappa shape index (κ1) is 21.8. The fraction of sp³-hybridized carbons (Fsp3) is 0.696. The quantitative estimate of drug-likeness (QED) is 0.639. The van der Waals surface area contributed by atoms with Crippen molar-refractivity contribution in [2.45, 2.75) is 58.9 Å². The van der Waals surface area contributed by atoms with E-state index in [2.05, 4.69) is 0 Å². The second kappa shape index (κ2) is 10.7. The van der Waals surface area contributed by atoms with Crippen LogP contribution in [0.15, 0.2) is 12.1 Å². The van der Waals surface area contributed by atoms with Crippen LogP contribution in [-0.4, -0.2) is 51.5 Å². The van der Waals surface area contributed by atoms with E-state index in [9.17, 15) is 4.79 Å². The molecule has 1 aromatic carbocycles. The molecule has 2 aliphatic heterocycles. The van der Waals surface area contributed by atoms with E-state index in [1.165, 1.54) is 38.8 Å². The molecule has 29 heavy (non-hydrogen) atoms. The summed E-state index contributed by atoms with van der Waals surface area (Å²) in [5.74, 6) is 1.73. The third-order valence-electron chi connectivity index (χ3n) is 6.00. The molecule has 2 saturated heterocycles. The second-order valence-electron chi connectivity index (χ2n) is 7.86. The fourth-order valence-electron chi connectivity index (χ4n) is 4.75. The van der Waals surface area contributed by atoms with Crippen molar-refractivity contribution >= 4 is 5.97 Å². The van der Waals surface area contributed by atoms with Crippen LogP contribution in [0, 0.1) is 5.92 Å². The van der Waals surface area contributed by atoms with Crippen LogP contribution in [0.3, 0.4) is 0 Å². The number of piperidine rings is 2. The maximum atomic E-state index is 12.8. The minimum absolute atomic E-state index is 0.321. The molecule has 0 radical (unpaired) electrons. The molecule has 162 valence electrons. The summed E-state index contributed by atoms with van der Waals surface area (Å²) < 4.78 is 22.9. The highest BCUT2D eigenvalue weighted by atomic mass is 16.5. The first-order valence-corrected chi connectivity index (χ1v) is 11.3. The van der Waals surface area contributed by atoms with Gasteiger partial charge in [-0.25, -0.2) is 4.79 Å². The molecule has 1 N–H and O–H groups in total. The van der Waals surface area contributed by atoms with Crippen LogP contribution < -0.4 is 19.1 Å². The van der Waals surface area contributed by atoms with Gasteiger partial charge in [0, 0.05) is 5.92 Å². The molecule has 2 fully saturated rings. The summed E-state index contributed by atoms with van der Waals surface area (Å²) >= 11 is 0. The van der Waals surface area contributed by atoms with Crippen molar-refractivity contribution in [2.24, 2.45) is 5.92 Å². The van der Waals surface area contributed by atoms with Gasteiger partial charge >= 0.3 is 5.97 Å². The van der Waals surface area contributed by atoms with E-state index in [4.69, 9.17) is 18.9 Å². The van der Waals surface area contributed by atoms with Crippen molar-refractivity contribution in [3.05, 3.63) is 17.7 Å². The number of hydrogen-bond acceptors (Lipinski definition) is 5. The van der Waals surface area contributed by atoms with Crippen LogP contribution >= 0.6 is 0 Å². The Balaban J connectivity index is 1.72. The lowest BCUT2D eigenvalue weighted by molar-refractivity contribution is -0.940. The number of carbonyl (C=O) groups excluding carboxylic acids is 1. The standard InChI is InChI=1S/C23H35NO5/c1-4-26-20-14-18(15-21(27-5-2)22(20)28-6-3)23(25)29-16-17-10-9-13-24-12-8-7-11-19(17)24/h14-15,17,19H,4-13,16H2,1-3H3/p+1/t17-,19-/m1/s1. The smallest absolute Gasteiger partial charge is 0.338 e. The zero-order valence-electron chi connectivity index (χ0n) is 18.1. The molecule has 0 aromatic heterocycles. The normalized spacial score (nSPS) is 23.8. The largest absolute Gasteiger partial charge is 0.490 e. The maximum absolute atomic E-state index is 12.8. The Bertz CT molecular complexity index is 648. The Labute approximate surface area is 174 Å². The van der Waals surface area contributed by atoms with Gasteiger partial charge in [0.2, 0.25) is 5.75 Å². The molecule has 0 saturated carbocycles. The summed E-state index contributed by atoms with van der Waals surface area (Å²) in [7, 11) is 0. The lowest BCUT2D eigenvalue weighted by Gasteiger charge is -2.40. The molecule has 6 nitrogen and oxygen atoms in total. The van der Waals surface area contributed by atoms with Gasteiger partial charge in [-0.15, -0.1) is 0 Å². The zero-order chi connectivity index (χ0) is 20.6. The van der Waals surface area contributed by atoms with Gasteiger partial charge < -0.3 is 23.8 Å². The number of quaternary nitrogens is 1. The molecule has 2 heterocycles. The predicted molar refractivity (Wildman–Crippen MR) is 111 cm³/mol. The summed E-state index contributed by atoms with van der Waals surface area (Å²) in [4.78, 5) is 14.6. The maximum Gasteiger partial charge on any atom is 0.338 e. The van der Waals surface area contributed by atoms with E-state index < -0.39 is 0 Å². The third-order valence-corrected chi connectivity index (χ3v) is 6.00. The Morgan fingerprint density at radius 3 is 2.24 bits per heavy atom. The molecule has 1 aromatic rings. The Morgan fingerprint density at radius 1 is 0.931 bits per heavy atom. The number of fused-ring (bicyclic) bond motifs is 1. The average Bonchev–Trinajstić information content (AvgIpc) is 2.74. The number of nitrogens with one attached hydrogen (secondary N) is 1. The monoisotopic (exact) mass is 406 g/mol. The van der Waals surface area contributed by atoms with Crippen LogP contribution in [0.5, 0.6) is 17.2 Å². The van der Waals surface area contributed by atoms with Gasteiger partial charge in [-0.05, 0) is 65.0 Å². The number of rotatable bonds is 9. The summed E-state index contributed by atoms with van der Waals surface area (Å²) in [5, 5.41) is 0. The first-order chi connectivity index (χ1) is 14.2. The SMILES string of the molecule is CCOc1cc(C(=O)OC[C@H]2CCC[NH+]3CCCC[C@H]23)cc(OCC)c1OCC. The first-order valence-electron chi connectivity index (χ1n) is 11.3. The minimum Gasteiger partial charge on any atom is -0.490 e. The highest BCUT2D eigenvalue weighted by Crippen LogP contribution is 2.39. The topological polar surface area (TPSA) is 58.4 Å². The third kappa shape index (κ3) is 5.35. The van der Waals surface area contributed by atoms with E-state index in [1.807, 2.05) is 20.8 Å². The van der Waals surface area contributed by atoms with Crippen LogP contribution in [0.2, 0.25) is 0 Å². The molecular weight excluding hydrogens is 370 g/mol. The van der Waals surface area contributed by atoms with Crippen molar-refractivity contribution in [1.82, 2.24) is 0 Å². The number of ether oxygens (including phenoxy) is 4. The summed E-state index contributed by atoms with van der Waals surface area (Å²) in [5.41, 5.74) is 0.448. The van der Waals surface area contributed by atoms with Gasteiger partial charge in [-0.3, -0.25) is 0 Å². The van der Waals surface area contributed by atoms with Crippen LogP contribution in [-0.2, 0) is 4.74 Å². The summed E-state index contributed by atoms with van der Waals surface area (Å²) in [6, 6.07) is 4.06. The van der Waals surface area contributed by atoms with Gasteiger partial charge in [0.05, 0.1) is 44.5 Å².